The molecule has 1 saturated heterocycles. The van der Waals surface area contributed by atoms with Gasteiger partial charge in [0.2, 0.25) is 0 Å². The molecule has 0 saturated carbocycles. The van der Waals surface area contributed by atoms with Crippen LogP contribution in [0.15, 0.2) is 16.8 Å². The Morgan fingerprint density at radius 3 is 2.46 bits per heavy atom. The summed E-state index contributed by atoms with van der Waals surface area (Å²) < 4.78 is 35.9. The van der Waals surface area contributed by atoms with Gasteiger partial charge in [0.05, 0.1) is 0 Å². The maximum atomic E-state index is 12.0. The summed E-state index contributed by atoms with van der Waals surface area (Å²) >= 11 is 1.67. The molecule has 1 aromatic rings. The highest BCUT2D eigenvalue weighted by Gasteiger charge is 2.29. The van der Waals surface area contributed by atoms with Gasteiger partial charge in [0.1, 0.15) is 6.54 Å². The van der Waals surface area contributed by atoms with Gasteiger partial charge in [0.25, 0.3) is 0 Å². The lowest BCUT2D eigenvalue weighted by Gasteiger charge is -2.31. The van der Waals surface area contributed by atoms with Crippen LogP contribution in [0.5, 0.6) is 0 Å². The molecule has 5 nitrogen and oxygen atoms in total. The average molecular weight is 363 g/mol. The minimum Gasteiger partial charge on any atom is -0.348 e. The van der Waals surface area contributed by atoms with E-state index in [0.717, 1.165) is 32.5 Å². The number of likely N-dealkylation sites (tertiary alicyclic amines) is 1. The van der Waals surface area contributed by atoms with E-state index in [1.807, 2.05) is 5.38 Å². The molecule has 2 heterocycles. The molecule has 1 aliphatic rings. The van der Waals surface area contributed by atoms with E-state index >= 15 is 0 Å². The summed E-state index contributed by atoms with van der Waals surface area (Å²) in [5.74, 6) is -2.02. The Hall–Kier alpha value is -1.61. The molecule has 0 bridgehead atoms. The molecule has 9 heteroatoms. The van der Waals surface area contributed by atoms with Crippen molar-refractivity contribution in [1.82, 2.24) is 15.5 Å². The molecule has 0 unspecified atom stereocenters. The molecular formula is C15H20F3N3O2S. The van der Waals surface area contributed by atoms with Gasteiger partial charge in [-0.15, -0.1) is 0 Å². The van der Waals surface area contributed by atoms with E-state index in [1.54, 1.807) is 16.7 Å². The average Bonchev–Trinajstić information content (AvgIpc) is 3.04. The number of carbonyl (C=O) groups excluding carboxylic acids is 2. The van der Waals surface area contributed by atoms with Crippen LogP contribution in [0, 0.1) is 5.92 Å². The minimum absolute atomic E-state index is 0.239. The van der Waals surface area contributed by atoms with Crippen LogP contribution < -0.4 is 10.6 Å². The number of amides is 2. The molecule has 0 atom stereocenters. The largest absolute Gasteiger partial charge is 0.405 e. The smallest absolute Gasteiger partial charge is 0.348 e. The fraction of sp³-hybridized carbons (Fsp3) is 0.600. The summed E-state index contributed by atoms with van der Waals surface area (Å²) in [5, 5.41) is 8.13. The number of carbonyl (C=O) groups is 2. The fourth-order valence-electron chi connectivity index (χ4n) is 2.57. The highest BCUT2D eigenvalue weighted by molar-refractivity contribution is 7.07. The van der Waals surface area contributed by atoms with E-state index in [1.165, 1.54) is 5.56 Å². The van der Waals surface area contributed by atoms with Gasteiger partial charge >= 0.3 is 18.0 Å². The monoisotopic (exact) mass is 363 g/mol. The first kappa shape index (κ1) is 18.7. The van der Waals surface area contributed by atoms with Crippen LogP contribution in [0.3, 0.4) is 0 Å². The van der Waals surface area contributed by atoms with Crippen molar-refractivity contribution in [2.75, 3.05) is 26.2 Å². The Bertz CT molecular complexity index is 541. The first-order valence-corrected chi connectivity index (χ1v) is 8.64. The molecule has 0 aliphatic carbocycles. The third kappa shape index (κ3) is 6.48. The number of nitrogens with one attached hydrogen (secondary N) is 2. The molecule has 1 aliphatic heterocycles. The zero-order chi connectivity index (χ0) is 17.6. The Morgan fingerprint density at radius 2 is 1.88 bits per heavy atom. The lowest BCUT2D eigenvalue weighted by molar-refractivity contribution is -0.146. The Morgan fingerprint density at radius 1 is 1.21 bits per heavy atom. The van der Waals surface area contributed by atoms with Crippen LogP contribution in [0.2, 0.25) is 0 Å². The van der Waals surface area contributed by atoms with Crippen molar-refractivity contribution in [1.29, 1.82) is 0 Å². The summed E-state index contributed by atoms with van der Waals surface area (Å²) in [5.41, 5.74) is 1.29. The SMILES string of the molecule is O=C(NCC1CCN(Cc2ccsc2)CC1)C(=O)NCC(F)(F)F. The van der Waals surface area contributed by atoms with E-state index in [2.05, 4.69) is 21.7 Å². The highest BCUT2D eigenvalue weighted by Crippen LogP contribution is 2.19. The zero-order valence-electron chi connectivity index (χ0n) is 13.1. The van der Waals surface area contributed by atoms with Gasteiger partial charge in [-0.25, -0.2) is 0 Å². The van der Waals surface area contributed by atoms with Gasteiger partial charge < -0.3 is 10.6 Å². The van der Waals surface area contributed by atoms with Gasteiger partial charge in [0, 0.05) is 13.1 Å². The van der Waals surface area contributed by atoms with Gasteiger partial charge in [0.15, 0.2) is 0 Å². The summed E-state index contributed by atoms with van der Waals surface area (Å²) in [7, 11) is 0. The number of thiophene rings is 1. The predicted octanol–water partition coefficient (Wildman–Crippen LogP) is 1.75. The number of rotatable bonds is 5. The van der Waals surface area contributed by atoms with Crippen LogP contribution in [-0.4, -0.2) is 49.1 Å². The van der Waals surface area contributed by atoms with E-state index in [4.69, 9.17) is 0 Å². The summed E-state index contributed by atoms with van der Waals surface area (Å²) in [4.78, 5) is 25.1. The van der Waals surface area contributed by atoms with Crippen LogP contribution in [0.4, 0.5) is 13.2 Å². The third-order valence-corrected chi connectivity index (χ3v) is 4.63. The van der Waals surface area contributed by atoms with Crippen molar-refractivity contribution >= 4 is 23.2 Å². The van der Waals surface area contributed by atoms with Crippen LogP contribution in [0.1, 0.15) is 18.4 Å². The predicted molar refractivity (Wildman–Crippen MR) is 84.4 cm³/mol. The van der Waals surface area contributed by atoms with E-state index in [-0.39, 0.29) is 5.92 Å². The Balaban J connectivity index is 1.63. The molecule has 0 spiro atoms. The van der Waals surface area contributed by atoms with Crippen molar-refractivity contribution in [3.05, 3.63) is 22.4 Å². The lowest BCUT2D eigenvalue weighted by Crippen LogP contribution is -2.45. The molecule has 134 valence electrons. The number of hydrogen-bond acceptors (Lipinski definition) is 4. The van der Waals surface area contributed by atoms with Crippen molar-refractivity contribution < 1.29 is 22.8 Å². The van der Waals surface area contributed by atoms with Crippen LogP contribution in [-0.2, 0) is 16.1 Å². The summed E-state index contributed by atoms with van der Waals surface area (Å²) in [6.07, 6.45) is -2.76. The van der Waals surface area contributed by atoms with Crippen LogP contribution >= 0.6 is 11.3 Å². The van der Waals surface area contributed by atoms with Gasteiger partial charge in [-0.3, -0.25) is 14.5 Å². The molecule has 24 heavy (non-hydrogen) atoms. The van der Waals surface area contributed by atoms with Crippen molar-refractivity contribution in [2.24, 2.45) is 5.92 Å². The van der Waals surface area contributed by atoms with Crippen molar-refractivity contribution in [3.63, 3.8) is 0 Å². The van der Waals surface area contributed by atoms with Crippen LogP contribution in [0.25, 0.3) is 0 Å². The maximum absolute atomic E-state index is 12.0. The van der Waals surface area contributed by atoms with Gasteiger partial charge in [-0.05, 0) is 54.2 Å². The second kappa shape index (κ2) is 8.48. The zero-order valence-corrected chi connectivity index (χ0v) is 13.9. The fourth-order valence-corrected chi connectivity index (χ4v) is 3.23. The molecule has 1 fully saturated rings. The molecule has 1 aromatic heterocycles. The highest BCUT2D eigenvalue weighted by atomic mass is 32.1. The summed E-state index contributed by atoms with van der Waals surface area (Å²) in [6.45, 7) is 1.51. The number of nitrogens with zero attached hydrogens (tertiary/aromatic N) is 1. The second-order valence-electron chi connectivity index (χ2n) is 5.86. The van der Waals surface area contributed by atoms with Crippen molar-refractivity contribution in [3.8, 4) is 0 Å². The Labute approximate surface area is 142 Å². The standard InChI is InChI=1S/C15H20F3N3O2S/c16-15(17,18)10-20-14(23)13(22)19-7-11-1-4-21(5-2-11)8-12-3-6-24-9-12/h3,6,9,11H,1-2,4-5,7-8,10H2,(H,19,22)(H,20,23). The first-order valence-electron chi connectivity index (χ1n) is 7.69. The van der Waals surface area contributed by atoms with Crippen molar-refractivity contribution in [2.45, 2.75) is 25.6 Å². The second-order valence-corrected chi connectivity index (χ2v) is 6.64. The number of piperidine rings is 1. The number of halogens is 3. The maximum Gasteiger partial charge on any atom is 0.405 e. The minimum atomic E-state index is -4.52. The topological polar surface area (TPSA) is 61.4 Å². The lowest BCUT2D eigenvalue weighted by atomic mass is 9.96. The van der Waals surface area contributed by atoms with E-state index in [9.17, 15) is 22.8 Å². The third-order valence-electron chi connectivity index (χ3n) is 3.90. The molecule has 2 amide bonds. The summed E-state index contributed by atoms with van der Waals surface area (Å²) in [6, 6.07) is 2.09. The molecule has 0 aromatic carbocycles. The van der Waals surface area contributed by atoms with Gasteiger partial charge in [-0.2, -0.15) is 24.5 Å². The van der Waals surface area contributed by atoms with E-state index < -0.39 is 24.5 Å². The first-order chi connectivity index (χ1) is 11.3. The van der Waals surface area contributed by atoms with Gasteiger partial charge in [-0.1, -0.05) is 0 Å². The number of hydrogen-bond donors (Lipinski definition) is 2. The normalized spacial score (nSPS) is 16.8. The quantitative estimate of drug-likeness (QED) is 0.784. The molecule has 0 radical (unpaired) electrons. The number of alkyl halides is 3. The molecule has 2 rings (SSSR count). The molecule has 2 N–H and O–H groups in total. The molecular weight excluding hydrogens is 343 g/mol. The van der Waals surface area contributed by atoms with E-state index in [0.29, 0.717) is 6.54 Å². The Kier molecular flexibility index (Phi) is 6.61.